The molecule has 0 aliphatic carbocycles. The molecule has 0 saturated carbocycles. The number of nitrogens with one attached hydrogen (secondary N) is 2. The average Bonchev–Trinajstić information content (AvgIpc) is 1.50. The van der Waals surface area contributed by atoms with Crippen molar-refractivity contribution < 1.29 is 102 Å². The van der Waals surface area contributed by atoms with Gasteiger partial charge in [-0.1, -0.05) is 27.0 Å². The number of aromatic hydroxyl groups is 5. The van der Waals surface area contributed by atoms with Gasteiger partial charge in [-0.2, -0.15) is 0 Å². The predicted octanol–water partition coefficient (Wildman–Crippen LogP) is 7.88. The maximum atomic E-state index is 14.7. The van der Waals surface area contributed by atoms with E-state index in [9.17, 15) is 50.1 Å². The van der Waals surface area contributed by atoms with Crippen LogP contribution in [0.15, 0.2) is 36.4 Å². The lowest BCUT2D eigenvalue weighted by molar-refractivity contribution is -0.186. The number of carbonyl (C=O) groups excluding carboxylic acids is 3. The van der Waals surface area contributed by atoms with Crippen LogP contribution in [0, 0.1) is 27.7 Å². The first-order valence-electron chi connectivity index (χ1n) is 35.2. The van der Waals surface area contributed by atoms with E-state index in [-0.39, 0.29) is 105 Å². The van der Waals surface area contributed by atoms with Crippen LogP contribution >= 0.6 is 23.5 Å². The smallest absolute Gasteiger partial charge is 0.331 e. The summed E-state index contributed by atoms with van der Waals surface area (Å²) in [6, 6.07) is 6.43. The van der Waals surface area contributed by atoms with Crippen LogP contribution in [0.25, 0.3) is 0 Å². The molecule has 14 aliphatic heterocycles. The molecule has 14 heterocycles. The second-order valence-corrected chi connectivity index (χ2v) is 31.5. The van der Waals surface area contributed by atoms with Gasteiger partial charge in [-0.25, -0.2) is 9.59 Å². The lowest BCUT2D eigenvalue weighted by atomic mass is 9.73. The highest BCUT2D eigenvalue weighted by atomic mass is 32.2. The molecule has 0 aromatic heterocycles. The van der Waals surface area contributed by atoms with Gasteiger partial charge in [0.25, 0.3) is 0 Å². The zero-order chi connectivity index (χ0) is 73.6. The standard InChI is InChI=1S/C39H43N3O11S.C37H41N3O10S.2CH4/c1-16-9-20-10-22-37(46)42-23-13-50-38(47)39(21-12-25(48-5)24(44)11-19(21)7-8-40-39)14-54-36(30(42)29(41(22)4)26(20)31(45)32(16)49-6)28-27(23)35-34(51-15-52-35)17(2)33(28)53-18(3)43;1-15-8-18-9-20-35(44)40-21-12-48-36(45)37(19-11-23(46-4)22(41)10-17(19)6-7-38-37)13-51-34(26-25(21)33-32(49-14-50-33)16(2)29(26)42)28(40)27(39(20)3)24(18)30(43)31(15)47-5;;/h9,11-12,22-23,29-30,36-37,40,44-46H,7-8,10,13-15H2,1-6H3;8,10-11,20-21,27-28,34-35,38,41-44H,6-7,9,12-14H2,1-5H3;2*1H4/t22-,23-,29+,30?,36+,37-,39+;20-,21-,27+,28?,34+,35-,37+;;/m00../s1. The number of fused-ring (bicyclic) bond motifs is 18. The number of rotatable bonds is 5. The zero-order valence-electron chi connectivity index (χ0n) is 59.8. The van der Waals surface area contributed by atoms with Crippen molar-refractivity contribution in [2.45, 2.75) is 158 Å². The highest BCUT2D eigenvalue weighted by molar-refractivity contribution is 7.99. The van der Waals surface area contributed by atoms with E-state index in [1.54, 1.807) is 38.3 Å². The summed E-state index contributed by atoms with van der Waals surface area (Å²) in [5, 5.41) is 88.3. The molecule has 6 aromatic carbocycles. The van der Waals surface area contributed by atoms with Crippen molar-refractivity contribution in [3.05, 3.63) is 125 Å². The Hall–Kier alpha value is -8.49. The molecule has 14 aliphatic rings. The number of piperazine rings is 2. The van der Waals surface area contributed by atoms with Crippen molar-refractivity contribution in [3.8, 4) is 80.5 Å². The van der Waals surface area contributed by atoms with Gasteiger partial charge in [0, 0.05) is 88.1 Å². The summed E-state index contributed by atoms with van der Waals surface area (Å²) in [6.07, 6.45) is 0.0143. The summed E-state index contributed by atoms with van der Waals surface area (Å²) < 4.78 is 65.5. The fourth-order valence-corrected chi connectivity index (χ4v) is 23.1. The van der Waals surface area contributed by atoms with Crippen LogP contribution in [0.5, 0.6) is 80.5 Å². The Kier molecular flexibility index (Phi) is 18.7. The second kappa shape index (κ2) is 27.0. The Morgan fingerprint density at radius 3 is 1.37 bits per heavy atom. The third-order valence-corrected chi connectivity index (χ3v) is 27.3. The SMILES string of the molecule is C.C.COc1cc2c(cc1O)CCN[C@]21CS[C@@H]2c3c(O)c(C)c4c(c3[C@H](COC1=O)N1C2[C@H]2c3c(cc(C)c(OC)c3O)C[C@@H]([C@@H]1O)N2C)OCO4.COc1cc2c(cc1O)CCN[C@]21CS[C@@H]2c3c(OC(C)=O)c(C)c4c(c3[C@H](COC1=O)N1C2[C@H]2c3c(cc(C)c(OC)c3O)C[C@@H]([C@@H]1O)N2C)OCO4. The van der Waals surface area contributed by atoms with E-state index in [1.165, 1.54) is 51.8 Å². The van der Waals surface area contributed by atoms with E-state index < -0.39 is 88.2 Å². The Balaban J connectivity index is 0.000000168. The molecular formula is C78H92N6O21S2. The van der Waals surface area contributed by atoms with Gasteiger partial charge >= 0.3 is 17.9 Å². The van der Waals surface area contributed by atoms with Gasteiger partial charge in [-0.05, 0) is 136 Å². The number of hydrogen-bond acceptors (Lipinski definition) is 29. The molecule has 4 fully saturated rings. The minimum Gasteiger partial charge on any atom is -0.507 e. The summed E-state index contributed by atoms with van der Waals surface area (Å²) in [4.78, 5) is 50.4. The molecule has 14 atom stereocenters. The number of aryl methyl sites for hydroxylation is 2. The van der Waals surface area contributed by atoms with E-state index in [0.717, 1.165) is 33.4 Å². The molecule has 9 N–H and O–H groups in total. The first-order chi connectivity index (χ1) is 50.4. The number of thioether (sulfide) groups is 2. The van der Waals surface area contributed by atoms with Crippen LogP contribution in [0.2, 0.25) is 0 Å². The molecule has 107 heavy (non-hydrogen) atoms. The van der Waals surface area contributed by atoms with Gasteiger partial charge in [0.1, 0.15) is 37.2 Å². The van der Waals surface area contributed by atoms with Crippen molar-refractivity contribution in [2.75, 3.05) is 93.9 Å². The number of esters is 3. The summed E-state index contributed by atoms with van der Waals surface area (Å²) in [7, 11) is 9.93. The monoisotopic (exact) mass is 1510 g/mol. The zero-order valence-corrected chi connectivity index (χ0v) is 61.5. The minimum atomic E-state index is -1.36. The van der Waals surface area contributed by atoms with Gasteiger partial charge in [-0.3, -0.25) is 35.0 Å². The normalized spacial score (nSPS) is 29.4. The van der Waals surface area contributed by atoms with Crippen molar-refractivity contribution in [1.82, 2.24) is 30.2 Å². The Bertz CT molecular complexity index is 4720. The first-order valence-corrected chi connectivity index (χ1v) is 37.3. The number of hydrogen-bond donors (Lipinski definition) is 9. The van der Waals surface area contributed by atoms with Gasteiger partial charge < -0.3 is 87.9 Å². The second-order valence-electron chi connectivity index (χ2n) is 29.3. The molecule has 0 radical (unpaired) electrons. The van der Waals surface area contributed by atoms with E-state index in [2.05, 4.69) is 20.4 Å². The number of aliphatic hydroxyl groups excluding tert-OH is 2. The average molecular weight is 1510 g/mol. The van der Waals surface area contributed by atoms with E-state index in [1.807, 2.05) is 56.8 Å². The molecule has 572 valence electrons. The number of nitrogens with zero attached hydrogens (tertiary/aromatic N) is 4. The number of likely N-dealkylation sites (N-methyl/N-ethyl adjacent to an activating group) is 2. The van der Waals surface area contributed by atoms with Gasteiger partial charge in [-0.15, -0.1) is 23.5 Å². The summed E-state index contributed by atoms with van der Waals surface area (Å²) in [6.45, 7) is 9.22. The van der Waals surface area contributed by atoms with Crippen LogP contribution in [-0.2, 0) is 60.6 Å². The molecule has 27 nitrogen and oxygen atoms in total. The molecule has 8 bridgehead atoms. The Morgan fingerprint density at radius 1 is 0.523 bits per heavy atom. The third kappa shape index (κ3) is 10.5. The number of phenolic OH excluding ortho intramolecular Hbond substituents is 5. The van der Waals surface area contributed by atoms with Crippen molar-refractivity contribution in [1.29, 1.82) is 0 Å². The van der Waals surface area contributed by atoms with Crippen LogP contribution in [0.1, 0.15) is 145 Å². The fraction of sp³-hybridized carbons (Fsp3) is 0.500. The molecule has 29 heteroatoms. The Morgan fingerprint density at radius 2 is 0.944 bits per heavy atom. The molecule has 2 spiro atoms. The lowest BCUT2D eigenvalue weighted by Crippen LogP contribution is -2.70. The fourth-order valence-electron chi connectivity index (χ4n) is 19.7. The first kappa shape index (κ1) is 74.0. The van der Waals surface area contributed by atoms with Crippen LogP contribution in [-0.4, -0.2) is 204 Å². The van der Waals surface area contributed by atoms with E-state index >= 15 is 0 Å². The molecule has 0 amide bonds. The molecular weight excluding hydrogens is 1420 g/mol. The lowest BCUT2D eigenvalue weighted by Gasteiger charge is -2.62. The van der Waals surface area contributed by atoms with E-state index in [4.69, 9.17) is 52.1 Å². The molecule has 6 aromatic rings. The third-order valence-electron chi connectivity index (χ3n) is 24.3. The van der Waals surface area contributed by atoms with Crippen molar-refractivity contribution in [3.63, 3.8) is 0 Å². The maximum absolute atomic E-state index is 14.7. The molecule has 4 saturated heterocycles. The van der Waals surface area contributed by atoms with Gasteiger partial charge in [0.05, 0.1) is 75.2 Å². The number of methoxy groups -OCH3 is 4. The topological polar surface area (TPSA) is 331 Å². The number of phenols is 5. The Labute approximate surface area is 628 Å². The number of benzene rings is 6. The highest BCUT2D eigenvalue weighted by Crippen LogP contribution is 2.68. The van der Waals surface area contributed by atoms with Crippen LogP contribution in [0.4, 0.5) is 0 Å². The molecule has 20 rings (SSSR count). The largest absolute Gasteiger partial charge is 0.507 e. The van der Waals surface area contributed by atoms with Crippen molar-refractivity contribution in [2.24, 2.45) is 0 Å². The summed E-state index contributed by atoms with van der Waals surface area (Å²) in [5.74, 6) is 2.27. The van der Waals surface area contributed by atoms with E-state index in [0.29, 0.717) is 135 Å². The molecule has 2 unspecified atom stereocenters. The van der Waals surface area contributed by atoms with Crippen LogP contribution < -0.4 is 53.3 Å². The maximum Gasteiger partial charge on any atom is 0.331 e. The number of aliphatic hydroxyl groups is 2. The van der Waals surface area contributed by atoms with Crippen LogP contribution in [0.3, 0.4) is 0 Å². The quantitative estimate of drug-likeness (QED) is 0.0585. The minimum absolute atomic E-state index is 0. The summed E-state index contributed by atoms with van der Waals surface area (Å²) in [5.41, 5.74) is 8.73. The predicted molar refractivity (Wildman–Crippen MR) is 393 cm³/mol. The van der Waals surface area contributed by atoms with Gasteiger partial charge in [0.15, 0.2) is 80.1 Å². The van der Waals surface area contributed by atoms with Crippen molar-refractivity contribution >= 4 is 41.4 Å². The highest BCUT2D eigenvalue weighted by Gasteiger charge is 2.64. The van der Waals surface area contributed by atoms with Gasteiger partial charge in [0.2, 0.25) is 13.6 Å². The number of carbonyl (C=O) groups is 3. The summed E-state index contributed by atoms with van der Waals surface area (Å²) >= 11 is 2.94. The number of ether oxygens (including phenoxy) is 11.